The van der Waals surface area contributed by atoms with Crippen molar-refractivity contribution in [2.24, 2.45) is 0 Å². The number of thiophene rings is 1. The largest absolute Gasteiger partial charge is 0.444 e. The minimum Gasteiger partial charge on any atom is -0.444 e. The smallest absolute Gasteiger partial charge is 0.245 e. The number of oxazole rings is 1. The highest BCUT2D eigenvalue weighted by atomic mass is 32.3. The number of nitrogens with one attached hydrogen (secondary N) is 3. The van der Waals surface area contributed by atoms with Crippen molar-refractivity contribution in [3.8, 4) is 21.8 Å². The maximum absolute atomic E-state index is 14.1. The molecule has 1 saturated heterocycles. The van der Waals surface area contributed by atoms with Crippen LogP contribution in [0.5, 0.6) is 0 Å². The lowest BCUT2D eigenvalue weighted by Gasteiger charge is -2.32. The zero-order chi connectivity index (χ0) is 27.4. The molecule has 2 aromatic heterocycles. The van der Waals surface area contributed by atoms with Gasteiger partial charge in [0.1, 0.15) is 4.75 Å². The summed E-state index contributed by atoms with van der Waals surface area (Å²) in [4.78, 5) is 17.3. The Kier molecular flexibility index (Phi) is 8.66. The van der Waals surface area contributed by atoms with E-state index in [2.05, 4.69) is 15.0 Å². The van der Waals surface area contributed by atoms with E-state index in [-0.39, 0.29) is 32.7 Å². The highest BCUT2D eigenvalue weighted by molar-refractivity contribution is 8.08. The number of methoxy groups -OCH3 is 1. The first-order valence-corrected chi connectivity index (χ1v) is 15.5. The van der Waals surface area contributed by atoms with Crippen LogP contribution in [0, 0.1) is 0 Å². The molecular weight excluding hydrogens is 556 g/mol. The lowest BCUT2D eigenvalue weighted by molar-refractivity contribution is -0.129. The summed E-state index contributed by atoms with van der Waals surface area (Å²) >= 11 is 1.15. The topological polar surface area (TPSA) is 177 Å². The van der Waals surface area contributed by atoms with Crippen molar-refractivity contribution >= 4 is 37.1 Å². The first kappa shape index (κ1) is 28.4. The van der Waals surface area contributed by atoms with Gasteiger partial charge in [-0.25, -0.2) is 32.0 Å². The second-order valence-corrected chi connectivity index (χ2v) is 14.4. The average Bonchev–Trinajstić information content (AvgIpc) is 3.58. The van der Waals surface area contributed by atoms with Crippen LogP contribution in [0.4, 0.5) is 0 Å². The second kappa shape index (κ2) is 11.6. The molecule has 1 amide bonds. The molecule has 3 heterocycles. The van der Waals surface area contributed by atoms with E-state index < -0.39 is 41.5 Å². The van der Waals surface area contributed by atoms with Crippen molar-refractivity contribution in [2.75, 3.05) is 33.4 Å². The Balaban J connectivity index is 1.75. The van der Waals surface area contributed by atoms with Crippen LogP contribution in [0.25, 0.3) is 21.8 Å². The fourth-order valence-electron chi connectivity index (χ4n) is 4.40. The summed E-state index contributed by atoms with van der Waals surface area (Å²) in [5.41, 5.74) is 3.11. The van der Waals surface area contributed by atoms with Crippen LogP contribution >= 0.6 is 11.3 Å². The summed E-state index contributed by atoms with van der Waals surface area (Å²) in [6.45, 7) is -0.265. The van der Waals surface area contributed by atoms with Crippen molar-refractivity contribution in [2.45, 2.75) is 22.2 Å². The van der Waals surface area contributed by atoms with E-state index in [0.29, 0.717) is 10.6 Å². The molecular formula is C23H28N4O8S3. The first-order valence-electron chi connectivity index (χ1n) is 11.6. The molecule has 0 aliphatic carbocycles. The lowest BCUT2D eigenvalue weighted by Crippen LogP contribution is -2.51. The van der Waals surface area contributed by atoms with Gasteiger partial charge in [0.2, 0.25) is 15.9 Å². The van der Waals surface area contributed by atoms with Crippen molar-refractivity contribution in [1.29, 1.82) is 0 Å². The van der Waals surface area contributed by atoms with E-state index >= 15 is 0 Å². The maximum Gasteiger partial charge on any atom is 0.245 e. The molecule has 1 aromatic carbocycles. The molecule has 15 heteroatoms. The lowest BCUT2D eigenvalue weighted by atomic mass is 9.97. The van der Waals surface area contributed by atoms with Gasteiger partial charge < -0.3 is 14.5 Å². The Labute approximate surface area is 224 Å². The molecule has 0 bridgehead atoms. The van der Waals surface area contributed by atoms with E-state index in [0.717, 1.165) is 27.3 Å². The van der Waals surface area contributed by atoms with E-state index in [9.17, 15) is 26.8 Å². The van der Waals surface area contributed by atoms with Gasteiger partial charge in [0, 0.05) is 35.5 Å². The van der Waals surface area contributed by atoms with Crippen LogP contribution in [0.1, 0.15) is 17.7 Å². The number of sulfonamides is 1. The number of carbonyl (C=O) groups is 1. The highest BCUT2D eigenvalue weighted by Crippen LogP contribution is 2.46. The minimum atomic E-state index is -4.56. The molecule has 2 unspecified atom stereocenters. The van der Waals surface area contributed by atoms with Gasteiger partial charge in [0.25, 0.3) is 0 Å². The molecule has 0 saturated carbocycles. The molecule has 2 atom stereocenters. The summed E-state index contributed by atoms with van der Waals surface area (Å²) in [6.07, 6.45) is 2.20. The van der Waals surface area contributed by atoms with E-state index in [1.807, 2.05) is 24.3 Å². The number of hydrogen-bond donors (Lipinski definition) is 4. The van der Waals surface area contributed by atoms with Crippen molar-refractivity contribution in [1.82, 2.24) is 20.5 Å². The third kappa shape index (κ3) is 5.54. The number of nitrogens with zero attached hydrogens (tertiary/aromatic N) is 1. The zero-order valence-corrected chi connectivity index (χ0v) is 22.9. The number of benzene rings is 1. The first-order chi connectivity index (χ1) is 18.1. The standard InChI is InChI=1S/C23H28N4O8S3/c1-34-11-10-26-38(32,33)22-14-24-9-8-23(37(22,30)31,12-21(28)27-29)20-7-6-19(36-20)17-4-2-16(3-5-17)18-13-25-15-35-18/h2-7,13,15,22,24,26,29H,8-12,14H2,1H3,(H,27,28). The third-order valence-electron chi connectivity index (χ3n) is 6.37. The van der Waals surface area contributed by atoms with Gasteiger partial charge >= 0.3 is 0 Å². The Morgan fingerprint density at radius 1 is 1.26 bits per heavy atom. The van der Waals surface area contributed by atoms with Gasteiger partial charge in [0.15, 0.2) is 26.6 Å². The maximum atomic E-state index is 14.1. The van der Waals surface area contributed by atoms with Crippen molar-refractivity contribution < 1.29 is 36.0 Å². The van der Waals surface area contributed by atoms with Crippen LogP contribution < -0.4 is 15.5 Å². The molecule has 38 heavy (non-hydrogen) atoms. The highest BCUT2D eigenvalue weighted by Gasteiger charge is 2.56. The number of amides is 1. The van der Waals surface area contributed by atoms with E-state index in [4.69, 9.17) is 9.15 Å². The van der Waals surface area contributed by atoms with Crippen molar-refractivity contribution in [3.63, 3.8) is 0 Å². The molecule has 4 rings (SSSR count). The van der Waals surface area contributed by atoms with Gasteiger partial charge in [-0.15, -0.1) is 11.3 Å². The quantitative estimate of drug-likeness (QED) is 0.155. The van der Waals surface area contributed by atoms with Gasteiger partial charge in [-0.2, -0.15) is 0 Å². The number of ether oxygens (including phenoxy) is 1. The zero-order valence-electron chi connectivity index (χ0n) is 20.4. The van der Waals surface area contributed by atoms with Gasteiger partial charge in [-0.05, 0) is 30.7 Å². The molecule has 12 nitrogen and oxygen atoms in total. The molecule has 1 fully saturated rings. The van der Waals surface area contributed by atoms with Crippen LogP contribution in [0.15, 0.2) is 53.4 Å². The number of rotatable bonds is 10. The predicted octanol–water partition coefficient (Wildman–Crippen LogP) is 1.46. The Morgan fingerprint density at radius 3 is 2.66 bits per heavy atom. The average molecular weight is 585 g/mol. The number of aromatic nitrogens is 1. The third-order valence-corrected chi connectivity index (χ3v) is 13.3. The number of hydroxylamine groups is 1. The van der Waals surface area contributed by atoms with Crippen LogP contribution in [-0.2, 0) is 34.1 Å². The molecule has 4 N–H and O–H groups in total. The summed E-state index contributed by atoms with van der Waals surface area (Å²) in [6, 6.07) is 10.7. The van der Waals surface area contributed by atoms with Crippen molar-refractivity contribution in [3.05, 3.63) is 53.9 Å². The normalized spacial score (nSPS) is 21.6. The van der Waals surface area contributed by atoms with Gasteiger partial charge in [0.05, 0.1) is 19.2 Å². The summed E-state index contributed by atoms with van der Waals surface area (Å²) < 4.78 is 63.2. The Bertz CT molecular complexity index is 1450. The fraction of sp³-hybridized carbons (Fsp3) is 0.391. The molecule has 1 aliphatic heterocycles. The molecule has 0 radical (unpaired) electrons. The predicted molar refractivity (Wildman–Crippen MR) is 140 cm³/mol. The second-order valence-electron chi connectivity index (χ2n) is 8.67. The van der Waals surface area contributed by atoms with E-state index in [1.165, 1.54) is 19.0 Å². The van der Waals surface area contributed by atoms with Crippen LogP contribution in [0.2, 0.25) is 0 Å². The Hall–Kier alpha value is -2.66. The number of carbonyl (C=O) groups excluding carboxylic acids is 1. The molecule has 206 valence electrons. The summed E-state index contributed by atoms with van der Waals surface area (Å²) in [7, 11) is -7.52. The monoisotopic (exact) mass is 584 g/mol. The number of sulfone groups is 1. The summed E-state index contributed by atoms with van der Waals surface area (Å²) in [5, 5.41) is 12.2. The fourth-order valence-corrected chi connectivity index (χ4v) is 10.9. The van der Waals surface area contributed by atoms with E-state index in [1.54, 1.807) is 18.3 Å². The van der Waals surface area contributed by atoms with Crippen LogP contribution in [-0.4, -0.2) is 70.9 Å². The summed E-state index contributed by atoms with van der Waals surface area (Å²) in [5.74, 6) is -0.342. The SMILES string of the molecule is COCCNS(=O)(=O)C1CNCCC(CC(=O)NO)(c2ccc(-c3ccc(-c4cnco4)cc3)s2)S1(=O)=O. The molecule has 0 spiro atoms. The molecule has 1 aliphatic rings. The van der Waals surface area contributed by atoms with Gasteiger partial charge in [-0.1, -0.05) is 24.3 Å². The van der Waals surface area contributed by atoms with Gasteiger partial charge in [-0.3, -0.25) is 10.0 Å². The molecule has 3 aromatic rings. The minimum absolute atomic E-state index is 0.0565. The number of hydrogen-bond acceptors (Lipinski definition) is 11. The Morgan fingerprint density at radius 2 is 2.00 bits per heavy atom. The van der Waals surface area contributed by atoms with Crippen LogP contribution in [0.3, 0.4) is 0 Å².